The van der Waals surface area contributed by atoms with Crippen molar-refractivity contribution in [3.8, 4) is 0 Å². The minimum absolute atomic E-state index is 0.355. The molecular weight excluding hydrogens is 152 g/mol. The fourth-order valence-electron chi connectivity index (χ4n) is 1.02. The highest BCUT2D eigenvalue weighted by molar-refractivity contribution is 4.81. The number of hydrogen-bond acceptors (Lipinski definition) is 2. The van der Waals surface area contributed by atoms with E-state index < -0.39 is 6.29 Å². The Kier molecular flexibility index (Phi) is 8.51. The predicted octanol–water partition coefficient (Wildman–Crippen LogP) is 2.21. The molecule has 0 heterocycles. The molecule has 0 fully saturated rings. The third kappa shape index (κ3) is 9.66. The van der Waals surface area contributed by atoms with Crippen LogP contribution < -0.4 is 0 Å². The summed E-state index contributed by atoms with van der Waals surface area (Å²) in [4.78, 5) is 0. The Bertz CT molecular complexity index is 108. The molecule has 0 saturated carbocycles. The van der Waals surface area contributed by atoms with Gasteiger partial charge < -0.3 is 10.2 Å². The van der Waals surface area contributed by atoms with E-state index in [9.17, 15) is 0 Å². The summed E-state index contributed by atoms with van der Waals surface area (Å²) in [6, 6.07) is 0. The molecule has 2 heteroatoms. The van der Waals surface area contributed by atoms with Crippen molar-refractivity contribution in [1.82, 2.24) is 0 Å². The van der Waals surface area contributed by atoms with Crippen LogP contribution in [0.1, 0.15) is 45.4 Å². The van der Waals surface area contributed by atoms with E-state index in [1.165, 1.54) is 25.7 Å². The summed E-state index contributed by atoms with van der Waals surface area (Å²) < 4.78 is 0. The fraction of sp³-hybridized carbons (Fsp3) is 0.800. The van der Waals surface area contributed by atoms with Gasteiger partial charge in [-0.05, 0) is 12.8 Å². The first-order valence-corrected chi connectivity index (χ1v) is 4.78. The van der Waals surface area contributed by atoms with E-state index in [1.807, 2.05) is 12.2 Å². The number of aliphatic hydroxyl groups is 2. The Morgan fingerprint density at radius 1 is 1.08 bits per heavy atom. The molecule has 0 saturated heterocycles. The number of aliphatic hydroxyl groups excluding tert-OH is 1. The molecular formula is C10H20O2. The van der Waals surface area contributed by atoms with Crippen molar-refractivity contribution in [2.45, 2.75) is 51.7 Å². The van der Waals surface area contributed by atoms with Crippen molar-refractivity contribution >= 4 is 0 Å². The van der Waals surface area contributed by atoms with Gasteiger partial charge in [0.2, 0.25) is 0 Å². The third-order valence-electron chi connectivity index (χ3n) is 1.74. The Labute approximate surface area is 74.9 Å². The lowest BCUT2D eigenvalue weighted by molar-refractivity contribution is -0.0361. The highest BCUT2D eigenvalue weighted by Gasteiger charge is 1.89. The van der Waals surface area contributed by atoms with Gasteiger partial charge in [-0.25, -0.2) is 0 Å². The normalized spacial score (nSPS) is 11.7. The largest absolute Gasteiger partial charge is 0.368 e. The third-order valence-corrected chi connectivity index (χ3v) is 1.74. The molecule has 0 aromatic carbocycles. The first-order chi connectivity index (χ1) is 5.77. The summed E-state index contributed by atoms with van der Waals surface area (Å²) in [5.74, 6) is 0. The van der Waals surface area contributed by atoms with Crippen LogP contribution in [0.25, 0.3) is 0 Å². The molecule has 0 aliphatic rings. The van der Waals surface area contributed by atoms with E-state index in [0.717, 1.165) is 6.42 Å². The van der Waals surface area contributed by atoms with Crippen LogP contribution >= 0.6 is 0 Å². The summed E-state index contributed by atoms with van der Waals surface area (Å²) in [6.07, 6.45) is 9.15. The molecule has 0 unspecified atom stereocenters. The molecule has 12 heavy (non-hydrogen) atoms. The molecule has 2 nitrogen and oxygen atoms in total. The SMILES string of the molecule is CCCCCCC=CCC(O)O. The summed E-state index contributed by atoms with van der Waals surface area (Å²) in [5.41, 5.74) is 0. The van der Waals surface area contributed by atoms with Crippen molar-refractivity contribution in [3.63, 3.8) is 0 Å². The van der Waals surface area contributed by atoms with Gasteiger partial charge in [-0.15, -0.1) is 0 Å². The molecule has 0 rings (SSSR count). The first kappa shape index (κ1) is 11.7. The lowest BCUT2D eigenvalue weighted by Gasteiger charge is -1.96. The van der Waals surface area contributed by atoms with Crippen molar-refractivity contribution in [2.24, 2.45) is 0 Å². The number of unbranched alkanes of at least 4 members (excludes halogenated alkanes) is 4. The Morgan fingerprint density at radius 3 is 2.42 bits per heavy atom. The highest BCUT2D eigenvalue weighted by atomic mass is 16.5. The van der Waals surface area contributed by atoms with Crippen molar-refractivity contribution in [3.05, 3.63) is 12.2 Å². The van der Waals surface area contributed by atoms with Crippen LogP contribution in [-0.4, -0.2) is 16.5 Å². The van der Waals surface area contributed by atoms with Crippen LogP contribution in [0.2, 0.25) is 0 Å². The summed E-state index contributed by atoms with van der Waals surface area (Å²) in [7, 11) is 0. The molecule has 0 aliphatic heterocycles. The van der Waals surface area contributed by atoms with E-state index in [4.69, 9.17) is 10.2 Å². The monoisotopic (exact) mass is 172 g/mol. The van der Waals surface area contributed by atoms with Crippen molar-refractivity contribution in [2.75, 3.05) is 0 Å². The molecule has 0 atom stereocenters. The van der Waals surface area contributed by atoms with Gasteiger partial charge in [-0.1, -0.05) is 38.3 Å². The molecule has 0 aromatic rings. The fourth-order valence-corrected chi connectivity index (χ4v) is 1.02. The van der Waals surface area contributed by atoms with Crippen LogP contribution in [0.15, 0.2) is 12.2 Å². The van der Waals surface area contributed by atoms with Crippen LogP contribution in [0.3, 0.4) is 0 Å². The Balaban J connectivity index is 3.03. The van der Waals surface area contributed by atoms with Gasteiger partial charge in [0.25, 0.3) is 0 Å². The first-order valence-electron chi connectivity index (χ1n) is 4.78. The zero-order valence-corrected chi connectivity index (χ0v) is 7.87. The molecule has 0 aliphatic carbocycles. The highest BCUT2D eigenvalue weighted by Crippen LogP contribution is 2.03. The minimum atomic E-state index is -1.18. The van der Waals surface area contributed by atoms with Gasteiger partial charge >= 0.3 is 0 Å². The lowest BCUT2D eigenvalue weighted by atomic mass is 10.1. The minimum Gasteiger partial charge on any atom is -0.368 e. The molecule has 0 aromatic heterocycles. The maximum absolute atomic E-state index is 8.50. The van der Waals surface area contributed by atoms with Crippen LogP contribution in [0.4, 0.5) is 0 Å². The molecule has 0 bridgehead atoms. The van der Waals surface area contributed by atoms with E-state index in [1.54, 1.807) is 0 Å². The van der Waals surface area contributed by atoms with Crippen molar-refractivity contribution < 1.29 is 10.2 Å². The van der Waals surface area contributed by atoms with Gasteiger partial charge in [0, 0.05) is 6.42 Å². The second kappa shape index (κ2) is 8.75. The second-order valence-electron chi connectivity index (χ2n) is 3.04. The quantitative estimate of drug-likeness (QED) is 0.351. The second-order valence-corrected chi connectivity index (χ2v) is 3.04. The average molecular weight is 172 g/mol. The standard InChI is InChI=1S/C10H20O2/c1-2-3-4-5-6-7-8-9-10(11)12/h7-8,10-12H,2-6,9H2,1H3. The van der Waals surface area contributed by atoms with Crippen LogP contribution in [0.5, 0.6) is 0 Å². The number of hydrogen-bond donors (Lipinski definition) is 2. The van der Waals surface area contributed by atoms with E-state index in [0.29, 0.717) is 6.42 Å². The summed E-state index contributed by atoms with van der Waals surface area (Å²) in [5, 5.41) is 17.0. The van der Waals surface area contributed by atoms with Gasteiger partial charge in [0.15, 0.2) is 6.29 Å². The van der Waals surface area contributed by atoms with Gasteiger partial charge in [0.1, 0.15) is 0 Å². The topological polar surface area (TPSA) is 40.5 Å². The summed E-state index contributed by atoms with van der Waals surface area (Å²) >= 11 is 0. The average Bonchev–Trinajstić information content (AvgIpc) is 2.02. The molecule has 2 N–H and O–H groups in total. The van der Waals surface area contributed by atoms with Crippen molar-refractivity contribution in [1.29, 1.82) is 0 Å². The van der Waals surface area contributed by atoms with Crippen LogP contribution in [0, 0.1) is 0 Å². The van der Waals surface area contributed by atoms with E-state index >= 15 is 0 Å². The number of allylic oxidation sites excluding steroid dienone is 1. The Hall–Kier alpha value is -0.340. The van der Waals surface area contributed by atoms with Gasteiger partial charge in [0.05, 0.1) is 0 Å². The lowest BCUT2D eigenvalue weighted by Crippen LogP contribution is -2.00. The smallest absolute Gasteiger partial charge is 0.154 e. The van der Waals surface area contributed by atoms with Gasteiger partial charge in [-0.3, -0.25) is 0 Å². The Morgan fingerprint density at radius 2 is 1.83 bits per heavy atom. The molecule has 0 amide bonds. The van der Waals surface area contributed by atoms with E-state index in [-0.39, 0.29) is 0 Å². The predicted molar refractivity (Wildman–Crippen MR) is 50.7 cm³/mol. The van der Waals surface area contributed by atoms with E-state index in [2.05, 4.69) is 6.92 Å². The molecule has 72 valence electrons. The van der Waals surface area contributed by atoms with Gasteiger partial charge in [-0.2, -0.15) is 0 Å². The zero-order chi connectivity index (χ0) is 9.23. The number of rotatable bonds is 7. The zero-order valence-electron chi connectivity index (χ0n) is 7.87. The summed E-state index contributed by atoms with van der Waals surface area (Å²) in [6.45, 7) is 2.19. The maximum atomic E-state index is 8.50. The molecule has 0 radical (unpaired) electrons. The van der Waals surface area contributed by atoms with Crippen LogP contribution in [-0.2, 0) is 0 Å². The maximum Gasteiger partial charge on any atom is 0.154 e. The molecule has 0 spiro atoms.